The Labute approximate surface area is 88.4 Å². The Morgan fingerprint density at radius 2 is 2.20 bits per heavy atom. The number of rotatable bonds is 6. The normalized spacial score (nSPS) is 10.3. The van der Waals surface area contributed by atoms with E-state index in [0.717, 1.165) is 0 Å². The van der Waals surface area contributed by atoms with Crippen LogP contribution in [0.25, 0.3) is 0 Å². The number of aromatic nitrogens is 2. The number of hydrogen-bond acceptors (Lipinski definition) is 4. The fourth-order valence-electron chi connectivity index (χ4n) is 1.07. The van der Waals surface area contributed by atoms with Gasteiger partial charge < -0.3 is 14.5 Å². The maximum absolute atomic E-state index is 11.2. The summed E-state index contributed by atoms with van der Waals surface area (Å²) >= 11 is 0. The molecule has 0 saturated carbocycles. The van der Waals surface area contributed by atoms with E-state index < -0.39 is 0 Å². The first-order valence-corrected chi connectivity index (χ1v) is 5.07. The zero-order chi connectivity index (χ0) is 11.1. The molecule has 0 aromatic carbocycles. The lowest BCUT2D eigenvalue weighted by atomic mass is 10.4. The zero-order valence-corrected chi connectivity index (χ0v) is 9.08. The summed E-state index contributed by atoms with van der Waals surface area (Å²) in [4.78, 5) is 17.9. The first-order valence-electron chi connectivity index (χ1n) is 5.07. The van der Waals surface area contributed by atoms with Gasteiger partial charge in [0.25, 0.3) is 5.56 Å². The number of aryl methyl sites for hydroxylation is 1. The van der Waals surface area contributed by atoms with E-state index in [0.29, 0.717) is 37.9 Å². The van der Waals surface area contributed by atoms with E-state index in [1.807, 2.05) is 13.8 Å². The number of aromatic amines is 1. The smallest absolute Gasteiger partial charge is 0.254 e. The van der Waals surface area contributed by atoms with Crippen LogP contribution in [0.1, 0.15) is 19.7 Å². The van der Waals surface area contributed by atoms with Crippen LogP contribution in [-0.4, -0.2) is 29.8 Å². The van der Waals surface area contributed by atoms with Gasteiger partial charge in [0.2, 0.25) is 5.88 Å². The summed E-state index contributed by atoms with van der Waals surface area (Å²) in [5.41, 5.74) is -0.187. The molecule has 0 radical (unpaired) electrons. The van der Waals surface area contributed by atoms with Gasteiger partial charge in [-0.05, 0) is 6.92 Å². The van der Waals surface area contributed by atoms with Gasteiger partial charge in [-0.15, -0.1) is 0 Å². The summed E-state index contributed by atoms with van der Waals surface area (Å²) in [7, 11) is 0. The largest absolute Gasteiger partial charge is 0.475 e. The van der Waals surface area contributed by atoms with Crippen molar-refractivity contribution in [3.05, 3.63) is 22.2 Å². The molecule has 0 atom stereocenters. The molecule has 0 bridgehead atoms. The van der Waals surface area contributed by atoms with Crippen LogP contribution >= 0.6 is 0 Å². The van der Waals surface area contributed by atoms with E-state index in [-0.39, 0.29) is 5.56 Å². The van der Waals surface area contributed by atoms with E-state index in [9.17, 15) is 4.79 Å². The van der Waals surface area contributed by atoms with Crippen molar-refractivity contribution in [3.8, 4) is 5.88 Å². The number of H-pyrrole nitrogens is 1. The molecule has 0 unspecified atom stereocenters. The molecular weight excluding hydrogens is 196 g/mol. The molecule has 0 fully saturated rings. The molecule has 0 aliphatic carbocycles. The maximum atomic E-state index is 11.2. The first-order chi connectivity index (χ1) is 7.26. The molecule has 84 valence electrons. The zero-order valence-electron chi connectivity index (χ0n) is 9.08. The van der Waals surface area contributed by atoms with Crippen LogP contribution in [0.2, 0.25) is 0 Å². The Kier molecular flexibility index (Phi) is 4.83. The molecule has 0 saturated heterocycles. The van der Waals surface area contributed by atoms with Crippen LogP contribution in [-0.2, 0) is 11.2 Å². The summed E-state index contributed by atoms with van der Waals surface area (Å²) in [6.07, 6.45) is 0.678. The van der Waals surface area contributed by atoms with Gasteiger partial charge in [0.1, 0.15) is 12.4 Å². The Bertz CT molecular complexity index is 349. The van der Waals surface area contributed by atoms with Gasteiger partial charge in [0.15, 0.2) is 0 Å². The summed E-state index contributed by atoms with van der Waals surface area (Å²) in [5.74, 6) is 0.990. The average molecular weight is 212 g/mol. The maximum Gasteiger partial charge on any atom is 0.254 e. The molecule has 1 rings (SSSR count). The van der Waals surface area contributed by atoms with E-state index in [1.54, 1.807) is 0 Å². The summed E-state index contributed by atoms with van der Waals surface area (Å²) in [5, 5.41) is 0. The quantitative estimate of drug-likeness (QED) is 0.707. The van der Waals surface area contributed by atoms with E-state index >= 15 is 0 Å². The van der Waals surface area contributed by atoms with E-state index in [4.69, 9.17) is 9.47 Å². The van der Waals surface area contributed by atoms with Crippen molar-refractivity contribution in [1.29, 1.82) is 0 Å². The second kappa shape index (κ2) is 6.19. The molecule has 1 aromatic heterocycles. The second-order valence-electron chi connectivity index (χ2n) is 2.93. The van der Waals surface area contributed by atoms with Gasteiger partial charge in [-0.2, -0.15) is 0 Å². The van der Waals surface area contributed by atoms with Crippen LogP contribution in [0, 0.1) is 0 Å². The summed E-state index contributed by atoms with van der Waals surface area (Å²) < 4.78 is 10.4. The predicted octanol–water partition coefficient (Wildman–Crippen LogP) is 0.748. The van der Waals surface area contributed by atoms with Crippen molar-refractivity contribution >= 4 is 0 Å². The highest BCUT2D eigenvalue weighted by atomic mass is 16.5. The number of nitrogens with one attached hydrogen (secondary N) is 1. The molecule has 0 amide bonds. The first kappa shape index (κ1) is 11.7. The molecule has 5 heteroatoms. The number of hydrogen-bond donors (Lipinski definition) is 1. The van der Waals surface area contributed by atoms with Crippen molar-refractivity contribution in [2.24, 2.45) is 0 Å². The average Bonchev–Trinajstić information content (AvgIpc) is 2.23. The standard InChI is InChI=1S/C10H16N2O3/c1-3-8-11-9(13)7-10(12-8)15-6-5-14-4-2/h7H,3-6H2,1-2H3,(H,11,12,13). The monoisotopic (exact) mass is 212 g/mol. The van der Waals surface area contributed by atoms with Crippen LogP contribution in [0.3, 0.4) is 0 Å². The fraction of sp³-hybridized carbons (Fsp3) is 0.600. The molecule has 5 nitrogen and oxygen atoms in total. The summed E-state index contributed by atoms with van der Waals surface area (Å²) in [6.45, 7) is 5.41. The minimum Gasteiger partial charge on any atom is -0.475 e. The Morgan fingerprint density at radius 3 is 2.87 bits per heavy atom. The van der Waals surface area contributed by atoms with Crippen molar-refractivity contribution in [2.75, 3.05) is 19.8 Å². The Balaban J connectivity index is 2.53. The molecule has 15 heavy (non-hydrogen) atoms. The van der Waals surface area contributed by atoms with Crippen molar-refractivity contribution in [3.63, 3.8) is 0 Å². The van der Waals surface area contributed by atoms with E-state index in [1.165, 1.54) is 6.07 Å². The molecule has 0 aliphatic rings. The lowest BCUT2D eigenvalue weighted by Crippen LogP contribution is -2.13. The molecule has 1 N–H and O–H groups in total. The SMILES string of the molecule is CCOCCOc1cc(=O)[nH]c(CC)n1. The second-order valence-corrected chi connectivity index (χ2v) is 2.93. The topological polar surface area (TPSA) is 64.2 Å². The highest BCUT2D eigenvalue weighted by molar-refractivity contribution is 5.08. The van der Waals surface area contributed by atoms with Gasteiger partial charge in [-0.25, -0.2) is 4.98 Å². The van der Waals surface area contributed by atoms with Gasteiger partial charge in [-0.3, -0.25) is 4.79 Å². The van der Waals surface area contributed by atoms with Crippen molar-refractivity contribution in [1.82, 2.24) is 9.97 Å². The highest BCUT2D eigenvalue weighted by Crippen LogP contribution is 2.02. The number of ether oxygens (including phenoxy) is 2. The van der Waals surface area contributed by atoms with Crippen LogP contribution in [0.15, 0.2) is 10.9 Å². The van der Waals surface area contributed by atoms with Crippen molar-refractivity contribution in [2.45, 2.75) is 20.3 Å². The lowest BCUT2D eigenvalue weighted by molar-refractivity contribution is 0.108. The Morgan fingerprint density at radius 1 is 1.40 bits per heavy atom. The predicted molar refractivity (Wildman–Crippen MR) is 56.2 cm³/mol. The van der Waals surface area contributed by atoms with E-state index in [2.05, 4.69) is 9.97 Å². The highest BCUT2D eigenvalue weighted by Gasteiger charge is 2.00. The third-order valence-corrected chi connectivity index (χ3v) is 1.78. The van der Waals surface area contributed by atoms with Gasteiger partial charge >= 0.3 is 0 Å². The molecule has 1 aromatic rings. The van der Waals surface area contributed by atoms with Gasteiger partial charge in [0.05, 0.1) is 12.7 Å². The van der Waals surface area contributed by atoms with Crippen LogP contribution < -0.4 is 10.3 Å². The molecule has 1 heterocycles. The Hall–Kier alpha value is -1.36. The molecule has 0 spiro atoms. The number of nitrogens with zero attached hydrogens (tertiary/aromatic N) is 1. The third kappa shape index (κ3) is 4.12. The van der Waals surface area contributed by atoms with Crippen molar-refractivity contribution < 1.29 is 9.47 Å². The minimum atomic E-state index is -0.187. The van der Waals surface area contributed by atoms with Gasteiger partial charge in [-0.1, -0.05) is 6.92 Å². The molecular formula is C10H16N2O3. The third-order valence-electron chi connectivity index (χ3n) is 1.78. The fourth-order valence-corrected chi connectivity index (χ4v) is 1.07. The van der Waals surface area contributed by atoms with Crippen LogP contribution in [0.4, 0.5) is 0 Å². The summed E-state index contributed by atoms with van der Waals surface area (Å²) in [6, 6.07) is 1.34. The molecule has 0 aliphatic heterocycles. The lowest BCUT2D eigenvalue weighted by Gasteiger charge is -2.05. The minimum absolute atomic E-state index is 0.187. The van der Waals surface area contributed by atoms with Crippen LogP contribution in [0.5, 0.6) is 5.88 Å². The van der Waals surface area contributed by atoms with Gasteiger partial charge in [0, 0.05) is 13.0 Å².